The first kappa shape index (κ1) is 34.8. The number of carbonyl (C=O) groups excluding carboxylic acids is 4. The highest BCUT2D eigenvalue weighted by atomic mass is 35.5. The number of phenolic OH excluding ortho intramolecular Hbond substituents is 1. The number of hydrogen-bond donors (Lipinski definition) is 1. The highest BCUT2D eigenvalue weighted by Gasteiger charge is 2.70. The van der Waals surface area contributed by atoms with E-state index < -0.39 is 46.8 Å². The fourth-order valence-corrected chi connectivity index (χ4v) is 9.86. The number of ether oxygens (including phenoxy) is 1. The Labute approximate surface area is 323 Å². The van der Waals surface area contributed by atoms with Crippen molar-refractivity contribution in [2.24, 2.45) is 23.7 Å². The van der Waals surface area contributed by atoms with Crippen LogP contribution in [0, 0.1) is 23.7 Å². The Morgan fingerprint density at radius 1 is 0.727 bits per heavy atom. The summed E-state index contributed by atoms with van der Waals surface area (Å²) in [5.41, 5.74) is 2.47. The van der Waals surface area contributed by atoms with Crippen LogP contribution in [0.3, 0.4) is 0 Å². The smallest absolute Gasteiger partial charge is 0.246 e. The average molecular weight is 749 g/mol. The molecule has 2 aliphatic carbocycles. The number of hydrogen-bond acceptors (Lipinski definition) is 6. The summed E-state index contributed by atoms with van der Waals surface area (Å²) in [5, 5.41) is 12.4. The number of likely N-dealkylation sites (tertiary alicyclic amines) is 1. The van der Waals surface area contributed by atoms with E-state index in [1.54, 1.807) is 42.5 Å². The molecule has 0 spiro atoms. The van der Waals surface area contributed by atoms with Crippen molar-refractivity contribution in [1.29, 1.82) is 0 Å². The number of phenols is 1. The van der Waals surface area contributed by atoms with Gasteiger partial charge in [-0.2, -0.15) is 0 Å². The van der Waals surface area contributed by atoms with Gasteiger partial charge in [-0.1, -0.05) is 126 Å². The van der Waals surface area contributed by atoms with Crippen LogP contribution in [0.4, 0.5) is 5.69 Å². The molecular formula is C46H37ClN2O6. The van der Waals surface area contributed by atoms with Crippen molar-refractivity contribution in [1.82, 2.24) is 4.90 Å². The third-order valence-electron chi connectivity index (χ3n) is 12.0. The standard InChI is InChI=1S/C46H37ClN2O6/c47-31-17-10-18-32(23-31)49-43(52)38-25-37-34(21-22-36-40(37)44(53)48(42(36)51)26-28-11-4-1-5-12-28)41(46(38,45(49)54)30-15-8-3-9-16-30)35-20-19-33(24-39(35)50)55-27-29-13-6-2-7-14-29/h1-21,23-24,36-38,40-41,50H,22,25-27H2. The van der Waals surface area contributed by atoms with Crippen LogP contribution < -0.4 is 9.64 Å². The van der Waals surface area contributed by atoms with Crippen LogP contribution in [-0.4, -0.2) is 33.6 Å². The van der Waals surface area contributed by atoms with E-state index in [1.165, 1.54) is 9.80 Å². The van der Waals surface area contributed by atoms with Crippen LogP contribution in [0.1, 0.15) is 41.0 Å². The molecule has 5 aromatic carbocycles. The zero-order chi connectivity index (χ0) is 37.8. The lowest BCUT2D eigenvalue weighted by molar-refractivity contribution is -0.141. The van der Waals surface area contributed by atoms with Crippen molar-refractivity contribution < 1.29 is 29.0 Å². The molecule has 9 heteroatoms. The highest BCUT2D eigenvalue weighted by molar-refractivity contribution is 6.32. The van der Waals surface area contributed by atoms with E-state index >= 15 is 4.79 Å². The van der Waals surface area contributed by atoms with E-state index in [2.05, 4.69) is 0 Å². The van der Waals surface area contributed by atoms with E-state index in [-0.39, 0.29) is 43.6 Å². The third-order valence-corrected chi connectivity index (χ3v) is 12.2. The van der Waals surface area contributed by atoms with Crippen LogP contribution in [0.5, 0.6) is 11.5 Å². The summed E-state index contributed by atoms with van der Waals surface area (Å²) in [5.74, 6) is -4.72. The van der Waals surface area contributed by atoms with Crippen LogP contribution in [-0.2, 0) is 37.7 Å². The highest BCUT2D eigenvalue weighted by Crippen LogP contribution is 2.65. The number of anilines is 1. The summed E-state index contributed by atoms with van der Waals surface area (Å²) in [6.45, 7) is 0.437. The lowest BCUT2D eigenvalue weighted by atomic mass is 9.49. The molecule has 2 heterocycles. The molecule has 8 nitrogen and oxygen atoms in total. The van der Waals surface area contributed by atoms with Crippen molar-refractivity contribution in [3.8, 4) is 11.5 Å². The van der Waals surface area contributed by atoms with Gasteiger partial charge in [-0.05, 0) is 59.7 Å². The van der Waals surface area contributed by atoms with Crippen molar-refractivity contribution in [2.45, 2.75) is 37.3 Å². The number of rotatable bonds is 8. The lowest BCUT2D eigenvalue weighted by Crippen LogP contribution is -2.53. The van der Waals surface area contributed by atoms with E-state index in [4.69, 9.17) is 16.3 Å². The molecule has 0 bridgehead atoms. The molecule has 5 aromatic rings. The summed E-state index contributed by atoms with van der Waals surface area (Å²) in [6.07, 6.45) is 2.45. The molecule has 0 aromatic heterocycles. The predicted molar refractivity (Wildman–Crippen MR) is 207 cm³/mol. The Morgan fingerprint density at radius 3 is 2.11 bits per heavy atom. The largest absolute Gasteiger partial charge is 0.508 e. The molecule has 6 atom stereocenters. The molecule has 1 saturated carbocycles. The second-order valence-corrected chi connectivity index (χ2v) is 15.3. The lowest BCUT2D eigenvalue weighted by Gasteiger charge is -2.50. The van der Waals surface area contributed by atoms with Gasteiger partial charge >= 0.3 is 0 Å². The summed E-state index contributed by atoms with van der Waals surface area (Å²) in [4.78, 5) is 61.6. The fourth-order valence-electron chi connectivity index (χ4n) is 9.67. The monoisotopic (exact) mass is 748 g/mol. The maximum absolute atomic E-state index is 15.5. The van der Waals surface area contributed by atoms with Crippen LogP contribution in [0.15, 0.2) is 145 Å². The fraction of sp³-hybridized carbons (Fsp3) is 0.217. The third kappa shape index (κ3) is 5.58. The van der Waals surface area contributed by atoms with Crippen molar-refractivity contribution >= 4 is 40.9 Å². The van der Waals surface area contributed by atoms with Gasteiger partial charge < -0.3 is 9.84 Å². The van der Waals surface area contributed by atoms with Gasteiger partial charge in [0, 0.05) is 22.6 Å². The minimum absolute atomic E-state index is 0.103. The molecule has 4 amide bonds. The average Bonchev–Trinajstić information content (AvgIpc) is 3.58. The maximum atomic E-state index is 15.5. The Kier molecular flexibility index (Phi) is 8.66. The summed E-state index contributed by atoms with van der Waals surface area (Å²) in [7, 11) is 0. The first-order valence-electron chi connectivity index (χ1n) is 18.6. The number of amides is 4. The molecule has 3 fully saturated rings. The number of halogens is 1. The Hall–Kier alpha value is -5.99. The van der Waals surface area contributed by atoms with E-state index in [9.17, 15) is 19.5 Å². The van der Waals surface area contributed by atoms with Gasteiger partial charge in [0.2, 0.25) is 23.6 Å². The molecule has 274 valence electrons. The number of fused-ring (bicyclic) bond motifs is 4. The zero-order valence-corrected chi connectivity index (χ0v) is 30.5. The Bertz CT molecular complexity index is 2370. The second kappa shape index (κ2) is 13.7. The summed E-state index contributed by atoms with van der Waals surface area (Å²) >= 11 is 6.43. The number of carbonyl (C=O) groups is 4. The van der Waals surface area contributed by atoms with E-state index in [0.717, 1.165) is 16.7 Å². The molecule has 1 N–H and O–H groups in total. The first-order valence-corrected chi connectivity index (χ1v) is 18.9. The van der Waals surface area contributed by atoms with Crippen LogP contribution in [0.2, 0.25) is 5.02 Å². The molecule has 2 saturated heterocycles. The van der Waals surface area contributed by atoms with Crippen molar-refractivity contribution in [2.75, 3.05) is 4.90 Å². The molecule has 6 unspecified atom stereocenters. The molecular weight excluding hydrogens is 712 g/mol. The van der Waals surface area contributed by atoms with Crippen molar-refractivity contribution in [3.63, 3.8) is 0 Å². The predicted octanol–water partition coefficient (Wildman–Crippen LogP) is 7.99. The quantitative estimate of drug-likeness (QED) is 0.128. The van der Waals surface area contributed by atoms with Crippen LogP contribution in [0.25, 0.3) is 0 Å². The van der Waals surface area contributed by atoms with Gasteiger partial charge in [0.05, 0.1) is 35.4 Å². The number of nitrogens with zero attached hydrogens (tertiary/aromatic N) is 2. The van der Waals surface area contributed by atoms with Gasteiger partial charge in [-0.25, -0.2) is 4.90 Å². The maximum Gasteiger partial charge on any atom is 0.246 e. The molecule has 55 heavy (non-hydrogen) atoms. The number of imide groups is 2. The Morgan fingerprint density at radius 2 is 1.42 bits per heavy atom. The van der Waals surface area contributed by atoms with Gasteiger partial charge in [-0.3, -0.25) is 24.1 Å². The topological polar surface area (TPSA) is 104 Å². The number of benzene rings is 5. The second-order valence-electron chi connectivity index (χ2n) is 14.8. The van der Waals surface area contributed by atoms with Gasteiger partial charge in [-0.15, -0.1) is 0 Å². The van der Waals surface area contributed by atoms with Crippen LogP contribution >= 0.6 is 11.6 Å². The number of aromatic hydroxyl groups is 1. The van der Waals surface area contributed by atoms with Gasteiger partial charge in [0.25, 0.3) is 0 Å². The van der Waals surface area contributed by atoms with E-state index in [0.29, 0.717) is 27.6 Å². The minimum Gasteiger partial charge on any atom is -0.508 e. The molecule has 0 radical (unpaired) electrons. The Balaban J connectivity index is 1.20. The molecule has 2 aliphatic heterocycles. The zero-order valence-electron chi connectivity index (χ0n) is 29.8. The van der Waals surface area contributed by atoms with Crippen molar-refractivity contribution in [3.05, 3.63) is 172 Å². The molecule has 9 rings (SSSR count). The van der Waals surface area contributed by atoms with Gasteiger partial charge in [0.1, 0.15) is 18.1 Å². The molecule has 4 aliphatic rings. The first-order chi connectivity index (χ1) is 26.8. The SMILES string of the molecule is O=C1C2CC=C3C(CC4C(=O)N(c5cccc(Cl)c5)C(=O)C4(c4ccccc4)C3c3ccc(OCc4ccccc4)cc3O)C2C(=O)N1Cc1ccccc1. The summed E-state index contributed by atoms with van der Waals surface area (Å²) < 4.78 is 6.08. The normalized spacial score (nSPS) is 25.7. The van der Waals surface area contributed by atoms with E-state index in [1.807, 2.05) is 97.1 Å². The number of allylic oxidation sites excluding steroid dienone is 2. The summed E-state index contributed by atoms with van der Waals surface area (Å²) in [6, 6.07) is 40.1. The minimum atomic E-state index is -1.50. The van der Waals surface area contributed by atoms with Gasteiger partial charge in [0.15, 0.2) is 0 Å².